The van der Waals surface area contributed by atoms with Crippen LogP contribution in [0.15, 0.2) is 91.0 Å². The molecule has 3 aromatic carbocycles. The van der Waals surface area contributed by atoms with Crippen molar-refractivity contribution in [3.05, 3.63) is 108 Å². The van der Waals surface area contributed by atoms with Crippen molar-refractivity contribution in [1.82, 2.24) is 0 Å². The van der Waals surface area contributed by atoms with Gasteiger partial charge >= 0.3 is 0 Å². The van der Waals surface area contributed by atoms with Gasteiger partial charge in [-0.15, -0.1) is 0 Å². The smallest absolute Gasteiger partial charge is 0.0786 e. The number of nitrogens with zero attached hydrogens (tertiary/aromatic N) is 2. The summed E-state index contributed by atoms with van der Waals surface area (Å²) in [6.45, 7) is 30.3. The zero-order valence-corrected chi connectivity index (χ0v) is 41.9. The molecule has 0 aliphatic rings. The molecule has 6 heteroatoms. The van der Waals surface area contributed by atoms with Gasteiger partial charge in [-0.2, -0.15) is 0 Å². The van der Waals surface area contributed by atoms with E-state index in [9.17, 15) is 10.0 Å². The summed E-state index contributed by atoms with van der Waals surface area (Å²) in [4.78, 5) is 0. The Morgan fingerprint density at radius 3 is 0.855 bits per heavy atom. The average molecular weight is 857 g/mol. The van der Waals surface area contributed by atoms with Crippen LogP contribution in [0.2, 0.25) is 0 Å². The third kappa shape index (κ3) is 22.9. The highest BCUT2D eigenvalue weighted by Gasteiger charge is 2.35. The Hall–Kier alpha value is -2.48. The fourth-order valence-electron chi connectivity index (χ4n) is 9.24. The molecule has 62 heavy (non-hydrogen) atoms. The van der Waals surface area contributed by atoms with Gasteiger partial charge in [0.2, 0.25) is 0 Å². The van der Waals surface area contributed by atoms with E-state index in [0.29, 0.717) is 0 Å². The first-order valence-electron chi connectivity index (χ1n) is 26.0. The normalized spacial score (nSPS) is 11.7. The van der Waals surface area contributed by atoms with Crippen LogP contribution in [0.5, 0.6) is 0 Å². The van der Waals surface area contributed by atoms with E-state index < -0.39 is 7.32 Å². The third-order valence-corrected chi connectivity index (χ3v) is 13.1. The van der Waals surface area contributed by atoms with E-state index >= 15 is 0 Å². The Morgan fingerprint density at radius 2 is 0.629 bits per heavy atom. The van der Waals surface area contributed by atoms with Gasteiger partial charge in [-0.25, -0.2) is 0 Å². The molecule has 0 atom stereocenters. The van der Waals surface area contributed by atoms with Crippen LogP contribution in [0, 0.1) is 0 Å². The van der Waals surface area contributed by atoms with E-state index in [-0.39, 0.29) is 12.0 Å². The van der Waals surface area contributed by atoms with E-state index in [4.69, 9.17) is 0 Å². The Morgan fingerprint density at radius 1 is 0.371 bits per heavy atom. The van der Waals surface area contributed by atoms with Crippen molar-refractivity contribution in [2.75, 3.05) is 59.0 Å². The molecule has 0 N–H and O–H groups in total. The molecular weight excluding hydrogens is 759 g/mol. The minimum Gasteiger partial charge on any atom is -0.871 e. The zero-order chi connectivity index (χ0) is 45.6. The quantitative estimate of drug-likeness (QED) is 0.0260. The van der Waals surface area contributed by atoms with Crippen molar-refractivity contribution >= 4 is 7.32 Å². The van der Waals surface area contributed by atoms with Crippen molar-refractivity contribution in [2.24, 2.45) is 0 Å². The summed E-state index contributed by atoms with van der Waals surface area (Å²) in [5.74, 6) is 0. The molecule has 0 fully saturated rings. The second kappa shape index (κ2) is 36.8. The minimum absolute atomic E-state index is 0.229. The molecule has 0 amide bonds. The summed E-state index contributed by atoms with van der Waals surface area (Å²) in [6, 6.07) is 31.9. The molecule has 3 rings (SSSR count). The van der Waals surface area contributed by atoms with Crippen LogP contribution in [0.1, 0.15) is 200 Å². The van der Waals surface area contributed by atoms with Gasteiger partial charge in [0.1, 0.15) is 0 Å². The van der Waals surface area contributed by atoms with Crippen molar-refractivity contribution in [2.45, 2.75) is 189 Å². The van der Waals surface area contributed by atoms with Crippen LogP contribution >= 0.6 is 0 Å². The maximum atomic E-state index is 10.5. The van der Waals surface area contributed by atoms with Crippen LogP contribution in [0.4, 0.5) is 0 Å². The van der Waals surface area contributed by atoms with Gasteiger partial charge in [0.15, 0.2) is 0 Å². The maximum absolute atomic E-state index is 10.5. The van der Waals surface area contributed by atoms with Gasteiger partial charge in [-0.05, 0) is 80.9 Å². The first kappa shape index (κ1) is 57.5. The molecule has 0 saturated carbocycles. The van der Waals surface area contributed by atoms with E-state index in [1.807, 2.05) is 18.2 Å². The predicted molar refractivity (Wildman–Crippen MR) is 268 cm³/mol. The molecule has 0 spiro atoms. The molecule has 0 unspecified atom stereocenters. The second-order valence-electron chi connectivity index (χ2n) is 18.3. The van der Waals surface area contributed by atoms with Gasteiger partial charge < -0.3 is 23.7 Å². The van der Waals surface area contributed by atoms with E-state index in [2.05, 4.69) is 133 Å². The first-order valence-corrected chi connectivity index (χ1v) is 26.0. The molecule has 0 heterocycles. The SMILES string of the molecule is CCCC[N+](CCCC)(CCCC)CCCC.CCCC[N+](CCCC)(CCCC)CCCC.[O-]B([O-])OCCCCCC(c1ccccc1)(c1ccccc1)c1ccccc1. The number of hydrogen-bond donors (Lipinski definition) is 0. The third-order valence-electron chi connectivity index (χ3n) is 13.1. The number of benzene rings is 3. The molecular formula is C56H97BN2O3. The van der Waals surface area contributed by atoms with Crippen LogP contribution in [0.3, 0.4) is 0 Å². The lowest BCUT2D eigenvalue weighted by Gasteiger charge is -2.39. The number of rotatable bonds is 34. The van der Waals surface area contributed by atoms with E-state index in [1.165, 1.54) is 181 Å². The summed E-state index contributed by atoms with van der Waals surface area (Å²) in [5.41, 5.74) is 3.55. The highest BCUT2D eigenvalue weighted by atomic mass is 16.6. The molecule has 0 bridgehead atoms. The van der Waals surface area contributed by atoms with Gasteiger partial charge in [0.25, 0.3) is 0 Å². The average Bonchev–Trinajstić information content (AvgIpc) is 3.31. The lowest BCUT2D eigenvalue weighted by molar-refractivity contribution is -0.929. The summed E-state index contributed by atoms with van der Waals surface area (Å²) < 4.78 is 7.46. The molecule has 5 nitrogen and oxygen atoms in total. The first-order chi connectivity index (χ1) is 30.2. The van der Waals surface area contributed by atoms with Gasteiger partial charge in [-0.3, -0.25) is 0 Å². The zero-order valence-electron chi connectivity index (χ0n) is 41.9. The number of hydrogen-bond acceptors (Lipinski definition) is 3. The van der Waals surface area contributed by atoms with E-state index in [1.54, 1.807) is 0 Å². The molecule has 0 radical (unpaired) electrons. The summed E-state index contributed by atoms with van der Waals surface area (Å²) >= 11 is 0. The van der Waals surface area contributed by atoms with Gasteiger partial charge in [-0.1, -0.05) is 211 Å². The number of quaternary nitrogens is 2. The Bertz CT molecular complexity index is 1180. The molecule has 0 aliphatic carbocycles. The summed E-state index contributed by atoms with van der Waals surface area (Å²) in [6.07, 6.45) is 25.6. The Labute approximate surface area is 385 Å². The van der Waals surface area contributed by atoms with E-state index in [0.717, 1.165) is 25.7 Å². The highest BCUT2D eigenvalue weighted by Crippen LogP contribution is 2.43. The molecule has 0 saturated heterocycles. The highest BCUT2D eigenvalue weighted by molar-refractivity contribution is 6.28. The molecule has 0 aliphatic heterocycles. The van der Waals surface area contributed by atoms with Crippen molar-refractivity contribution in [1.29, 1.82) is 0 Å². The van der Waals surface area contributed by atoms with Crippen molar-refractivity contribution < 1.29 is 23.7 Å². The fraction of sp³-hybridized carbons (Fsp3) is 0.679. The molecule has 352 valence electrons. The van der Waals surface area contributed by atoms with Crippen LogP contribution in [-0.4, -0.2) is 75.3 Å². The standard InChI is InChI=1S/C24H25BO3.2C16H36N/c26-25(27)28-20-12-4-11-19-24(21-13-5-1-6-14-21,22-15-7-2-8-16-22)23-17-9-3-10-18-23;2*1-5-9-13-17(14-10-6-2,15-11-7-3)16-12-8-4/h1-3,5-10,13-18H,4,11-12,19-20H2;2*5-16H2,1-4H3/q-2;2*+1. The second-order valence-corrected chi connectivity index (χ2v) is 18.3. The Balaban J connectivity index is 0.000000494. The fourth-order valence-corrected chi connectivity index (χ4v) is 9.24. The van der Waals surface area contributed by atoms with Crippen LogP contribution in [0.25, 0.3) is 0 Å². The largest absolute Gasteiger partial charge is 0.871 e. The maximum Gasteiger partial charge on any atom is 0.0786 e. The minimum atomic E-state index is -2.18. The van der Waals surface area contributed by atoms with Crippen LogP contribution in [-0.2, 0) is 10.1 Å². The predicted octanol–water partition coefficient (Wildman–Crippen LogP) is 13.3. The van der Waals surface area contributed by atoms with Crippen molar-refractivity contribution in [3.8, 4) is 0 Å². The lowest BCUT2D eigenvalue weighted by atomic mass is 9.66. The van der Waals surface area contributed by atoms with Crippen LogP contribution < -0.4 is 10.0 Å². The number of unbranched alkanes of at least 4 members (excludes halogenated alkanes) is 10. The monoisotopic (exact) mass is 857 g/mol. The summed E-state index contributed by atoms with van der Waals surface area (Å²) in [7, 11) is -2.18. The Kier molecular flexibility index (Phi) is 34.2. The molecule has 3 aromatic rings. The van der Waals surface area contributed by atoms with Gasteiger partial charge in [0, 0.05) is 12.0 Å². The van der Waals surface area contributed by atoms with Crippen molar-refractivity contribution in [3.63, 3.8) is 0 Å². The van der Waals surface area contributed by atoms with Gasteiger partial charge in [0.05, 0.1) is 59.7 Å². The summed E-state index contributed by atoms with van der Waals surface area (Å²) in [5, 5.41) is 21.0. The lowest BCUT2D eigenvalue weighted by Crippen LogP contribution is -2.50. The molecule has 0 aromatic heterocycles. The topological polar surface area (TPSA) is 55.3 Å².